The SMILES string of the molecule is CC(C)Cn1nc(C(=O)Nc2cc(Br)c[nH]c2=O)c2ccccc2c1=O. The largest absolute Gasteiger partial charge is 0.326 e. The normalized spacial score (nSPS) is 11.1. The van der Waals surface area contributed by atoms with Crippen LogP contribution in [0, 0.1) is 5.92 Å². The van der Waals surface area contributed by atoms with Crippen LogP contribution in [0.3, 0.4) is 0 Å². The Kier molecular flexibility index (Phi) is 5.03. The van der Waals surface area contributed by atoms with Crippen molar-refractivity contribution in [3.8, 4) is 0 Å². The van der Waals surface area contributed by atoms with Crippen LogP contribution in [0.15, 0.2) is 50.6 Å². The van der Waals surface area contributed by atoms with Gasteiger partial charge in [-0.25, -0.2) is 4.68 Å². The highest BCUT2D eigenvalue weighted by atomic mass is 79.9. The Hall–Kier alpha value is -2.74. The zero-order chi connectivity index (χ0) is 18.8. The van der Waals surface area contributed by atoms with E-state index in [1.165, 1.54) is 16.9 Å². The minimum absolute atomic E-state index is 0.0943. The molecule has 2 N–H and O–H groups in total. The molecule has 0 radical (unpaired) electrons. The van der Waals surface area contributed by atoms with Crippen molar-refractivity contribution >= 4 is 38.3 Å². The number of nitrogens with zero attached hydrogens (tertiary/aromatic N) is 2. The van der Waals surface area contributed by atoms with E-state index in [4.69, 9.17) is 0 Å². The van der Waals surface area contributed by atoms with Gasteiger partial charge in [-0.2, -0.15) is 5.10 Å². The highest BCUT2D eigenvalue weighted by Gasteiger charge is 2.18. The van der Waals surface area contributed by atoms with Crippen LogP contribution in [-0.4, -0.2) is 20.7 Å². The van der Waals surface area contributed by atoms with Gasteiger partial charge in [-0.1, -0.05) is 32.0 Å². The molecule has 0 aliphatic rings. The van der Waals surface area contributed by atoms with Gasteiger partial charge >= 0.3 is 0 Å². The van der Waals surface area contributed by atoms with Crippen LogP contribution in [-0.2, 0) is 6.54 Å². The Balaban J connectivity index is 2.12. The van der Waals surface area contributed by atoms with Crippen molar-refractivity contribution in [2.24, 2.45) is 5.92 Å². The molecule has 1 amide bonds. The Morgan fingerprint density at radius 2 is 1.96 bits per heavy atom. The van der Waals surface area contributed by atoms with Gasteiger partial charge in [0.1, 0.15) is 5.69 Å². The lowest BCUT2D eigenvalue weighted by Gasteiger charge is -2.12. The standard InChI is InChI=1S/C18H17BrN4O3/c1-10(2)9-23-18(26)13-6-4-3-5-12(13)15(22-23)17(25)21-14-7-11(19)8-20-16(14)24/h3-8,10H,9H2,1-2H3,(H,20,24)(H,21,25). The monoisotopic (exact) mass is 416 g/mol. The second kappa shape index (κ2) is 7.25. The Morgan fingerprint density at radius 1 is 1.27 bits per heavy atom. The van der Waals surface area contributed by atoms with Crippen LogP contribution in [0.25, 0.3) is 10.8 Å². The maximum Gasteiger partial charge on any atom is 0.276 e. The van der Waals surface area contributed by atoms with E-state index in [-0.39, 0.29) is 22.9 Å². The van der Waals surface area contributed by atoms with Gasteiger partial charge in [-0.15, -0.1) is 0 Å². The molecule has 26 heavy (non-hydrogen) atoms. The van der Waals surface area contributed by atoms with Gasteiger partial charge < -0.3 is 10.3 Å². The highest BCUT2D eigenvalue weighted by molar-refractivity contribution is 9.10. The van der Waals surface area contributed by atoms with Crippen molar-refractivity contribution in [3.05, 3.63) is 67.4 Å². The number of hydrogen-bond donors (Lipinski definition) is 2. The van der Waals surface area contributed by atoms with Crippen LogP contribution < -0.4 is 16.4 Å². The number of benzene rings is 1. The summed E-state index contributed by atoms with van der Waals surface area (Å²) in [6, 6.07) is 8.31. The fraction of sp³-hybridized carbons (Fsp3) is 0.222. The average Bonchev–Trinajstić information content (AvgIpc) is 2.60. The molecule has 1 aromatic carbocycles. The third-order valence-electron chi connectivity index (χ3n) is 3.74. The summed E-state index contributed by atoms with van der Waals surface area (Å²) in [5.41, 5.74) is -0.482. The molecule has 8 heteroatoms. The smallest absolute Gasteiger partial charge is 0.276 e. The molecule has 3 rings (SSSR count). The summed E-state index contributed by atoms with van der Waals surface area (Å²) in [5, 5.41) is 7.68. The Morgan fingerprint density at radius 3 is 2.65 bits per heavy atom. The second-order valence-electron chi connectivity index (χ2n) is 6.29. The number of hydrogen-bond acceptors (Lipinski definition) is 4. The van der Waals surface area contributed by atoms with Crippen LogP contribution in [0.4, 0.5) is 5.69 Å². The molecule has 0 atom stereocenters. The molecule has 0 spiro atoms. The van der Waals surface area contributed by atoms with Crippen molar-refractivity contribution in [2.75, 3.05) is 5.32 Å². The number of halogens is 1. The maximum absolute atomic E-state index is 12.8. The molecule has 0 aliphatic carbocycles. The molecule has 0 bridgehead atoms. The van der Waals surface area contributed by atoms with Crippen LogP contribution in [0.1, 0.15) is 24.3 Å². The number of H-pyrrole nitrogens is 1. The predicted octanol–water partition coefficient (Wildman–Crippen LogP) is 2.76. The number of anilines is 1. The van der Waals surface area contributed by atoms with E-state index in [2.05, 4.69) is 31.3 Å². The second-order valence-corrected chi connectivity index (χ2v) is 7.21. The van der Waals surface area contributed by atoms with Crippen molar-refractivity contribution in [1.29, 1.82) is 0 Å². The third kappa shape index (κ3) is 3.60. The van der Waals surface area contributed by atoms with Gasteiger partial charge in [0.15, 0.2) is 5.69 Å². The molecule has 3 aromatic rings. The maximum atomic E-state index is 12.8. The summed E-state index contributed by atoms with van der Waals surface area (Å²) in [6.07, 6.45) is 1.48. The third-order valence-corrected chi connectivity index (χ3v) is 4.19. The van der Waals surface area contributed by atoms with Crippen LogP contribution in [0.5, 0.6) is 0 Å². The zero-order valence-electron chi connectivity index (χ0n) is 14.2. The lowest BCUT2D eigenvalue weighted by atomic mass is 10.1. The summed E-state index contributed by atoms with van der Waals surface area (Å²) >= 11 is 3.25. The molecule has 0 fully saturated rings. The fourth-order valence-electron chi connectivity index (χ4n) is 2.60. The first-order valence-electron chi connectivity index (χ1n) is 8.06. The van der Waals surface area contributed by atoms with E-state index in [1.54, 1.807) is 24.3 Å². The highest BCUT2D eigenvalue weighted by Crippen LogP contribution is 2.16. The minimum atomic E-state index is -0.553. The lowest BCUT2D eigenvalue weighted by Crippen LogP contribution is -2.29. The molecule has 0 saturated carbocycles. The minimum Gasteiger partial charge on any atom is -0.326 e. The predicted molar refractivity (Wildman–Crippen MR) is 104 cm³/mol. The molecule has 7 nitrogen and oxygen atoms in total. The van der Waals surface area contributed by atoms with Crippen LogP contribution in [0.2, 0.25) is 0 Å². The first kappa shape index (κ1) is 18.1. The van der Waals surface area contributed by atoms with E-state index in [9.17, 15) is 14.4 Å². The van der Waals surface area contributed by atoms with Gasteiger partial charge in [0, 0.05) is 22.6 Å². The number of aromatic amines is 1. The first-order chi connectivity index (χ1) is 12.4. The molecular formula is C18H17BrN4O3. The number of carbonyl (C=O) groups is 1. The Bertz CT molecular complexity index is 1100. The summed E-state index contributed by atoms with van der Waals surface area (Å²) in [5.74, 6) is -0.368. The average molecular weight is 417 g/mol. The molecule has 134 valence electrons. The molecular weight excluding hydrogens is 400 g/mol. The van der Waals surface area contributed by atoms with Gasteiger partial charge in [0.2, 0.25) is 0 Å². The number of nitrogens with one attached hydrogen (secondary N) is 2. The van der Waals surface area contributed by atoms with Gasteiger partial charge in [-0.3, -0.25) is 14.4 Å². The van der Waals surface area contributed by atoms with E-state index >= 15 is 0 Å². The number of rotatable bonds is 4. The summed E-state index contributed by atoms with van der Waals surface area (Å²) in [4.78, 5) is 39.8. The van der Waals surface area contributed by atoms with E-state index in [0.717, 1.165) is 0 Å². The molecule has 2 aromatic heterocycles. The number of amides is 1. The zero-order valence-corrected chi connectivity index (χ0v) is 15.8. The van der Waals surface area contributed by atoms with E-state index in [1.807, 2.05) is 13.8 Å². The van der Waals surface area contributed by atoms with Crippen molar-refractivity contribution in [1.82, 2.24) is 14.8 Å². The van der Waals surface area contributed by atoms with Gasteiger partial charge in [0.05, 0.1) is 5.39 Å². The van der Waals surface area contributed by atoms with Crippen molar-refractivity contribution in [2.45, 2.75) is 20.4 Å². The first-order valence-corrected chi connectivity index (χ1v) is 8.85. The van der Waals surface area contributed by atoms with E-state index < -0.39 is 11.5 Å². The van der Waals surface area contributed by atoms with Crippen LogP contribution >= 0.6 is 15.9 Å². The van der Waals surface area contributed by atoms with Crippen molar-refractivity contribution in [3.63, 3.8) is 0 Å². The summed E-state index contributed by atoms with van der Waals surface area (Å²) < 4.78 is 1.92. The summed E-state index contributed by atoms with van der Waals surface area (Å²) in [7, 11) is 0. The quantitative estimate of drug-likeness (QED) is 0.682. The molecule has 0 aliphatic heterocycles. The lowest BCUT2D eigenvalue weighted by molar-refractivity contribution is 0.102. The number of carbonyl (C=O) groups excluding carboxylic acids is 1. The topological polar surface area (TPSA) is 96.8 Å². The van der Waals surface area contributed by atoms with Gasteiger partial charge in [-0.05, 0) is 34.0 Å². The number of fused-ring (bicyclic) bond motifs is 1. The number of pyridine rings is 1. The molecule has 2 heterocycles. The van der Waals surface area contributed by atoms with Gasteiger partial charge in [0.25, 0.3) is 17.0 Å². The number of aromatic nitrogens is 3. The molecule has 0 saturated heterocycles. The fourth-order valence-corrected chi connectivity index (χ4v) is 2.95. The van der Waals surface area contributed by atoms with Crippen molar-refractivity contribution < 1.29 is 4.79 Å². The molecule has 0 unspecified atom stereocenters. The van der Waals surface area contributed by atoms with E-state index in [0.29, 0.717) is 21.8 Å². The Labute approximate surface area is 157 Å². The summed E-state index contributed by atoms with van der Waals surface area (Å²) in [6.45, 7) is 4.32.